The van der Waals surface area contributed by atoms with Crippen LogP contribution in [0.25, 0.3) is 0 Å². The Labute approximate surface area is 124 Å². The maximum absolute atomic E-state index is 5.10. The lowest BCUT2D eigenvalue weighted by Gasteiger charge is -2.21. The van der Waals surface area contributed by atoms with Crippen LogP contribution in [-0.2, 0) is 4.74 Å². The standard InChI is InChI=1S/C8H17N3.C5H11NO.ClH/c1-4-9-8-10-6-5-7-11(2)3;1-6-2-4-7-5-3-6;/h4-7H2,1-3H3;2-5H2,1H3;1H. The molecule has 19 heavy (non-hydrogen) atoms. The van der Waals surface area contributed by atoms with E-state index in [-0.39, 0.29) is 12.4 Å². The fraction of sp³-hybridized carbons (Fsp3) is 0.923. The number of likely N-dealkylation sites (N-methyl/N-ethyl adjacent to an activating group) is 1. The van der Waals surface area contributed by atoms with Crippen molar-refractivity contribution < 1.29 is 4.74 Å². The summed E-state index contributed by atoms with van der Waals surface area (Å²) in [5, 5.41) is 0. The zero-order valence-electron chi connectivity index (χ0n) is 12.8. The molecule has 0 bridgehead atoms. The second-order valence-electron chi connectivity index (χ2n) is 4.53. The van der Waals surface area contributed by atoms with Gasteiger partial charge in [-0.1, -0.05) is 0 Å². The average Bonchev–Trinajstić information content (AvgIpc) is 2.35. The Morgan fingerprint density at radius 1 is 1.21 bits per heavy atom. The van der Waals surface area contributed by atoms with Gasteiger partial charge in [0.15, 0.2) is 0 Å². The molecule has 0 aromatic carbocycles. The van der Waals surface area contributed by atoms with Crippen molar-refractivity contribution in [3.8, 4) is 0 Å². The van der Waals surface area contributed by atoms with E-state index in [1.54, 1.807) is 0 Å². The zero-order valence-corrected chi connectivity index (χ0v) is 13.6. The van der Waals surface area contributed by atoms with Crippen molar-refractivity contribution >= 4 is 18.4 Å². The molecule has 1 heterocycles. The van der Waals surface area contributed by atoms with Crippen molar-refractivity contribution in [2.75, 3.05) is 67.1 Å². The number of morpholine rings is 1. The third kappa shape index (κ3) is 17.6. The smallest absolute Gasteiger partial charge is 0.0892 e. The lowest BCUT2D eigenvalue weighted by atomic mass is 10.4. The Balaban J connectivity index is 0. The van der Waals surface area contributed by atoms with Crippen LogP contribution < -0.4 is 0 Å². The van der Waals surface area contributed by atoms with Crippen molar-refractivity contribution in [1.29, 1.82) is 0 Å². The van der Waals surface area contributed by atoms with E-state index in [0.717, 1.165) is 52.4 Å². The molecule has 1 saturated heterocycles. The van der Waals surface area contributed by atoms with Gasteiger partial charge < -0.3 is 14.5 Å². The molecule has 1 aliphatic heterocycles. The first-order valence-electron chi connectivity index (χ1n) is 6.65. The molecule has 6 heteroatoms. The lowest BCUT2D eigenvalue weighted by Crippen LogP contribution is -2.32. The van der Waals surface area contributed by atoms with E-state index in [1.807, 2.05) is 6.92 Å². The van der Waals surface area contributed by atoms with E-state index in [9.17, 15) is 0 Å². The summed E-state index contributed by atoms with van der Waals surface area (Å²) in [6.07, 6.45) is 1.08. The van der Waals surface area contributed by atoms with Gasteiger partial charge in [-0.3, -0.25) is 0 Å². The van der Waals surface area contributed by atoms with Gasteiger partial charge in [0.25, 0.3) is 0 Å². The quantitative estimate of drug-likeness (QED) is 0.570. The van der Waals surface area contributed by atoms with Crippen molar-refractivity contribution in [1.82, 2.24) is 9.80 Å². The molecule has 0 N–H and O–H groups in total. The van der Waals surface area contributed by atoms with Crippen molar-refractivity contribution in [2.24, 2.45) is 9.98 Å². The molecule has 0 aromatic rings. The van der Waals surface area contributed by atoms with E-state index < -0.39 is 0 Å². The Hall–Kier alpha value is -0.450. The van der Waals surface area contributed by atoms with E-state index >= 15 is 0 Å². The summed E-state index contributed by atoms with van der Waals surface area (Å²) in [6, 6.07) is 2.64. The fourth-order valence-electron chi connectivity index (χ4n) is 1.29. The van der Waals surface area contributed by atoms with Gasteiger partial charge >= 0.3 is 0 Å². The second-order valence-corrected chi connectivity index (χ2v) is 4.53. The van der Waals surface area contributed by atoms with Crippen LogP contribution in [0.15, 0.2) is 9.98 Å². The lowest BCUT2D eigenvalue weighted by molar-refractivity contribution is 0.0503. The highest BCUT2D eigenvalue weighted by molar-refractivity contribution is 5.85. The highest BCUT2D eigenvalue weighted by Gasteiger charge is 2.02. The van der Waals surface area contributed by atoms with Crippen LogP contribution in [0.1, 0.15) is 13.3 Å². The fourth-order valence-corrected chi connectivity index (χ4v) is 1.29. The molecule has 0 aliphatic carbocycles. The normalized spacial score (nSPS) is 14.8. The number of ether oxygens (including phenoxy) is 1. The SMILES string of the molecule is CCN=C=NCCCN(C)C.CN1CCOCC1.Cl. The van der Waals surface area contributed by atoms with Crippen molar-refractivity contribution in [3.63, 3.8) is 0 Å². The van der Waals surface area contributed by atoms with Crippen LogP contribution in [0.5, 0.6) is 0 Å². The Bertz CT molecular complexity index is 237. The summed E-state index contributed by atoms with van der Waals surface area (Å²) in [7, 11) is 6.23. The van der Waals surface area contributed by atoms with Gasteiger partial charge in [-0.2, -0.15) is 0 Å². The van der Waals surface area contributed by atoms with Gasteiger partial charge in [0.2, 0.25) is 0 Å². The van der Waals surface area contributed by atoms with Crippen LogP contribution in [0.3, 0.4) is 0 Å². The Kier molecular flexibility index (Phi) is 17.1. The van der Waals surface area contributed by atoms with E-state index in [0.29, 0.717) is 0 Å². The predicted octanol–water partition coefficient (Wildman–Crippen LogP) is 1.50. The van der Waals surface area contributed by atoms with Gasteiger partial charge in [-0.25, -0.2) is 9.98 Å². The van der Waals surface area contributed by atoms with Crippen LogP contribution in [-0.4, -0.2) is 82.9 Å². The van der Waals surface area contributed by atoms with Gasteiger partial charge in [0.05, 0.1) is 25.8 Å². The summed E-state index contributed by atoms with van der Waals surface area (Å²) in [6.45, 7) is 8.69. The minimum atomic E-state index is 0. The Morgan fingerprint density at radius 2 is 1.84 bits per heavy atom. The number of hydrogen-bond donors (Lipinski definition) is 0. The minimum Gasteiger partial charge on any atom is -0.379 e. The Morgan fingerprint density at radius 3 is 2.26 bits per heavy atom. The van der Waals surface area contributed by atoms with Crippen LogP contribution in [0.2, 0.25) is 0 Å². The monoisotopic (exact) mass is 292 g/mol. The molecular weight excluding hydrogens is 264 g/mol. The van der Waals surface area contributed by atoms with E-state index in [1.165, 1.54) is 0 Å². The number of hydrogen-bond acceptors (Lipinski definition) is 5. The second kappa shape index (κ2) is 15.6. The van der Waals surface area contributed by atoms with Crippen molar-refractivity contribution in [2.45, 2.75) is 13.3 Å². The first kappa shape index (κ1) is 20.9. The summed E-state index contributed by atoms with van der Waals surface area (Å²) >= 11 is 0. The summed E-state index contributed by atoms with van der Waals surface area (Å²) in [5.74, 6) is 0. The molecule has 1 fully saturated rings. The van der Waals surface area contributed by atoms with Crippen LogP contribution in [0.4, 0.5) is 0 Å². The van der Waals surface area contributed by atoms with E-state index in [2.05, 4.69) is 46.9 Å². The van der Waals surface area contributed by atoms with Gasteiger partial charge in [-0.05, 0) is 41.0 Å². The van der Waals surface area contributed by atoms with Gasteiger partial charge in [0.1, 0.15) is 0 Å². The predicted molar refractivity (Wildman–Crippen MR) is 84.0 cm³/mol. The summed E-state index contributed by atoms with van der Waals surface area (Å²) < 4.78 is 5.10. The average molecular weight is 293 g/mol. The molecule has 0 atom stereocenters. The maximum Gasteiger partial charge on any atom is 0.0892 e. The summed E-state index contributed by atoms with van der Waals surface area (Å²) in [5.41, 5.74) is 0. The molecule has 1 rings (SSSR count). The molecule has 1 aliphatic rings. The highest BCUT2D eigenvalue weighted by atomic mass is 35.5. The first-order chi connectivity index (χ1) is 8.66. The molecule has 0 aromatic heterocycles. The molecule has 0 saturated carbocycles. The highest BCUT2D eigenvalue weighted by Crippen LogP contribution is 1.89. The number of nitrogens with zero attached hydrogens (tertiary/aromatic N) is 4. The van der Waals surface area contributed by atoms with Crippen LogP contribution >= 0.6 is 12.4 Å². The first-order valence-corrected chi connectivity index (χ1v) is 6.65. The third-order valence-corrected chi connectivity index (χ3v) is 2.41. The molecule has 0 unspecified atom stereocenters. The van der Waals surface area contributed by atoms with Gasteiger partial charge in [-0.15, -0.1) is 12.4 Å². The summed E-state index contributed by atoms with van der Waals surface area (Å²) in [4.78, 5) is 12.3. The number of aliphatic imine (C=N–C) groups is 2. The number of rotatable bonds is 5. The molecule has 0 amide bonds. The number of halogens is 1. The van der Waals surface area contributed by atoms with Crippen LogP contribution in [0, 0.1) is 0 Å². The van der Waals surface area contributed by atoms with E-state index in [4.69, 9.17) is 4.74 Å². The largest absolute Gasteiger partial charge is 0.379 e. The molecule has 114 valence electrons. The maximum atomic E-state index is 5.10. The topological polar surface area (TPSA) is 40.4 Å². The molecule has 5 nitrogen and oxygen atoms in total. The zero-order chi connectivity index (χ0) is 13.6. The molecule has 0 spiro atoms. The molecular formula is C13H29ClN4O. The minimum absolute atomic E-state index is 0. The molecule has 0 radical (unpaired) electrons. The van der Waals surface area contributed by atoms with Crippen molar-refractivity contribution in [3.05, 3.63) is 0 Å². The van der Waals surface area contributed by atoms with Gasteiger partial charge in [0, 0.05) is 19.6 Å². The third-order valence-electron chi connectivity index (χ3n) is 2.41.